The Morgan fingerprint density at radius 1 is 0.950 bits per heavy atom. The molecular formula is C14H25NO5. The van der Waals surface area contributed by atoms with Crippen LogP contribution < -0.4 is 5.32 Å². The van der Waals surface area contributed by atoms with E-state index in [2.05, 4.69) is 12.2 Å². The second kappa shape index (κ2) is 11.3. The van der Waals surface area contributed by atoms with Crippen molar-refractivity contribution in [3.05, 3.63) is 0 Å². The van der Waals surface area contributed by atoms with E-state index in [1.54, 1.807) is 0 Å². The summed E-state index contributed by atoms with van der Waals surface area (Å²) in [6.07, 6.45) is 5.72. The molecule has 0 spiro atoms. The van der Waals surface area contributed by atoms with Crippen molar-refractivity contribution in [2.75, 3.05) is 0 Å². The van der Waals surface area contributed by atoms with Crippen molar-refractivity contribution in [1.29, 1.82) is 0 Å². The Hall–Kier alpha value is -1.59. The van der Waals surface area contributed by atoms with Crippen LogP contribution in [-0.4, -0.2) is 34.1 Å². The summed E-state index contributed by atoms with van der Waals surface area (Å²) in [6.45, 7) is 2.11. The molecule has 0 unspecified atom stereocenters. The highest BCUT2D eigenvalue weighted by Crippen LogP contribution is 2.06. The van der Waals surface area contributed by atoms with Crippen LogP contribution in [0.25, 0.3) is 0 Å². The van der Waals surface area contributed by atoms with Crippen molar-refractivity contribution in [3.8, 4) is 0 Å². The summed E-state index contributed by atoms with van der Waals surface area (Å²) in [5.41, 5.74) is 0. The minimum Gasteiger partial charge on any atom is -0.481 e. The van der Waals surface area contributed by atoms with E-state index in [9.17, 15) is 14.4 Å². The van der Waals surface area contributed by atoms with Gasteiger partial charge in [0.1, 0.15) is 6.04 Å². The molecular weight excluding hydrogens is 262 g/mol. The van der Waals surface area contributed by atoms with Gasteiger partial charge in [0.25, 0.3) is 0 Å². The van der Waals surface area contributed by atoms with Crippen LogP contribution in [0.1, 0.15) is 64.7 Å². The molecule has 0 bridgehead atoms. The van der Waals surface area contributed by atoms with Crippen LogP contribution in [-0.2, 0) is 14.4 Å². The molecule has 0 heterocycles. The van der Waals surface area contributed by atoms with Gasteiger partial charge in [-0.3, -0.25) is 9.59 Å². The molecule has 1 atom stereocenters. The van der Waals surface area contributed by atoms with Gasteiger partial charge in [-0.05, 0) is 19.3 Å². The van der Waals surface area contributed by atoms with Crippen LogP contribution in [0.4, 0.5) is 0 Å². The summed E-state index contributed by atoms with van der Waals surface area (Å²) in [4.78, 5) is 32.9. The summed E-state index contributed by atoms with van der Waals surface area (Å²) in [7, 11) is 0. The van der Waals surface area contributed by atoms with E-state index in [1.165, 1.54) is 0 Å². The van der Waals surface area contributed by atoms with Gasteiger partial charge in [0.2, 0.25) is 5.91 Å². The van der Waals surface area contributed by atoms with Gasteiger partial charge in [-0.15, -0.1) is 0 Å². The largest absolute Gasteiger partial charge is 0.481 e. The summed E-state index contributed by atoms with van der Waals surface area (Å²) >= 11 is 0. The van der Waals surface area contributed by atoms with Crippen molar-refractivity contribution in [3.63, 3.8) is 0 Å². The molecule has 6 nitrogen and oxygen atoms in total. The number of unbranched alkanes of at least 4 members (excludes halogenated alkanes) is 4. The van der Waals surface area contributed by atoms with E-state index < -0.39 is 18.0 Å². The van der Waals surface area contributed by atoms with E-state index in [-0.39, 0.29) is 25.2 Å². The minimum atomic E-state index is -1.12. The van der Waals surface area contributed by atoms with Crippen molar-refractivity contribution in [2.24, 2.45) is 0 Å². The highest BCUT2D eigenvalue weighted by atomic mass is 16.4. The quantitative estimate of drug-likeness (QED) is 0.477. The van der Waals surface area contributed by atoms with Gasteiger partial charge in [-0.2, -0.15) is 0 Å². The standard InChI is InChI=1S/C14H25NO5/c1-2-3-4-5-6-9-12(16)15-11(14(19)20)8-7-10-13(17)18/h11H,2-10H2,1H3,(H,15,16)(H,17,18)(H,19,20)/t11-/m1/s1. The molecule has 0 aromatic rings. The average Bonchev–Trinajstić information content (AvgIpc) is 2.36. The second-order valence-corrected chi connectivity index (χ2v) is 4.91. The summed E-state index contributed by atoms with van der Waals surface area (Å²) in [5.74, 6) is -2.35. The number of nitrogens with one attached hydrogen (secondary N) is 1. The van der Waals surface area contributed by atoms with Gasteiger partial charge in [-0.1, -0.05) is 32.6 Å². The predicted octanol–water partition coefficient (Wildman–Crippen LogP) is 2.17. The maximum Gasteiger partial charge on any atom is 0.326 e. The number of hydrogen-bond acceptors (Lipinski definition) is 3. The fraction of sp³-hybridized carbons (Fsp3) is 0.786. The molecule has 0 aliphatic heterocycles. The number of rotatable bonds is 12. The number of carboxylic acids is 2. The maximum absolute atomic E-state index is 11.6. The van der Waals surface area contributed by atoms with Crippen LogP contribution in [0.3, 0.4) is 0 Å². The number of hydrogen-bond donors (Lipinski definition) is 3. The Labute approximate surface area is 119 Å². The van der Waals surface area contributed by atoms with Crippen LogP contribution in [0.5, 0.6) is 0 Å². The molecule has 0 radical (unpaired) electrons. The van der Waals surface area contributed by atoms with Gasteiger partial charge >= 0.3 is 11.9 Å². The summed E-state index contributed by atoms with van der Waals surface area (Å²) in [6, 6.07) is -0.988. The number of carbonyl (C=O) groups is 3. The Balaban J connectivity index is 3.89. The lowest BCUT2D eigenvalue weighted by atomic mass is 10.1. The summed E-state index contributed by atoms with van der Waals surface area (Å²) in [5, 5.41) is 19.9. The normalized spacial score (nSPS) is 11.8. The molecule has 20 heavy (non-hydrogen) atoms. The number of carboxylic acid groups (broad SMARTS) is 2. The predicted molar refractivity (Wildman–Crippen MR) is 74.4 cm³/mol. The van der Waals surface area contributed by atoms with E-state index in [0.29, 0.717) is 6.42 Å². The van der Waals surface area contributed by atoms with E-state index in [0.717, 1.165) is 32.1 Å². The number of aliphatic carboxylic acids is 2. The van der Waals surface area contributed by atoms with Crippen LogP contribution in [0, 0.1) is 0 Å². The van der Waals surface area contributed by atoms with E-state index in [1.807, 2.05) is 0 Å². The third kappa shape index (κ3) is 10.3. The molecule has 6 heteroatoms. The zero-order valence-corrected chi connectivity index (χ0v) is 12.1. The topological polar surface area (TPSA) is 104 Å². The molecule has 116 valence electrons. The first-order valence-corrected chi connectivity index (χ1v) is 7.21. The Kier molecular flexibility index (Phi) is 10.4. The highest BCUT2D eigenvalue weighted by molar-refractivity contribution is 5.83. The van der Waals surface area contributed by atoms with Gasteiger partial charge in [0.15, 0.2) is 0 Å². The molecule has 0 rings (SSSR count). The Morgan fingerprint density at radius 2 is 1.60 bits per heavy atom. The maximum atomic E-state index is 11.6. The lowest BCUT2D eigenvalue weighted by Crippen LogP contribution is -2.40. The third-order valence-corrected chi connectivity index (χ3v) is 3.02. The molecule has 0 aliphatic rings. The average molecular weight is 287 g/mol. The van der Waals surface area contributed by atoms with Gasteiger partial charge in [-0.25, -0.2) is 4.79 Å². The van der Waals surface area contributed by atoms with E-state index in [4.69, 9.17) is 10.2 Å². The lowest BCUT2D eigenvalue weighted by Gasteiger charge is -2.13. The van der Waals surface area contributed by atoms with Crippen molar-refractivity contribution in [2.45, 2.75) is 70.8 Å². The Bertz CT molecular complexity index is 317. The number of carbonyl (C=O) groups excluding carboxylic acids is 1. The molecule has 0 fully saturated rings. The van der Waals surface area contributed by atoms with Crippen molar-refractivity contribution < 1.29 is 24.6 Å². The molecule has 0 saturated heterocycles. The molecule has 0 aliphatic carbocycles. The Morgan fingerprint density at radius 3 is 2.15 bits per heavy atom. The van der Waals surface area contributed by atoms with Crippen LogP contribution in [0.2, 0.25) is 0 Å². The summed E-state index contributed by atoms with van der Waals surface area (Å²) < 4.78 is 0. The molecule has 0 aromatic heterocycles. The molecule has 1 amide bonds. The zero-order valence-electron chi connectivity index (χ0n) is 12.1. The molecule has 0 saturated carbocycles. The van der Waals surface area contributed by atoms with Crippen LogP contribution >= 0.6 is 0 Å². The molecule has 3 N–H and O–H groups in total. The number of amides is 1. The van der Waals surface area contributed by atoms with Gasteiger partial charge in [0.05, 0.1) is 0 Å². The highest BCUT2D eigenvalue weighted by Gasteiger charge is 2.19. The fourth-order valence-corrected chi connectivity index (χ4v) is 1.87. The van der Waals surface area contributed by atoms with Gasteiger partial charge in [0, 0.05) is 12.8 Å². The minimum absolute atomic E-state index is 0.0866. The van der Waals surface area contributed by atoms with Crippen molar-refractivity contribution in [1.82, 2.24) is 5.32 Å². The first-order chi connectivity index (χ1) is 9.47. The first-order valence-electron chi connectivity index (χ1n) is 7.21. The smallest absolute Gasteiger partial charge is 0.326 e. The lowest BCUT2D eigenvalue weighted by molar-refractivity contribution is -0.142. The van der Waals surface area contributed by atoms with Gasteiger partial charge < -0.3 is 15.5 Å². The monoisotopic (exact) mass is 287 g/mol. The fourth-order valence-electron chi connectivity index (χ4n) is 1.87. The van der Waals surface area contributed by atoms with E-state index >= 15 is 0 Å². The molecule has 0 aromatic carbocycles. The SMILES string of the molecule is CCCCCCCC(=O)N[C@H](CCCC(=O)O)C(=O)O. The third-order valence-electron chi connectivity index (χ3n) is 3.02. The van der Waals surface area contributed by atoms with Crippen LogP contribution in [0.15, 0.2) is 0 Å². The zero-order chi connectivity index (χ0) is 15.4. The van der Waals surface area contributed by atoms with Crippen molar-refractivity contribution >= 4 is 17.8 Å². The second-order valence-electron chi connectivity index (χ2n) is 4.91. The first kappa shape index (κ1) is 18.4.